The molecule has 1 saturated carbocycles. The molecule has 1 aromatic heterocycles. The lowest BCUT2D eigenvalue weighted by molar-refractivity contribution is -0.0459. The van der Waals surface area contributed by atoms with Gasteiger partial charge in [0.05, 0.1) is 6.04 Å². The molecule has 1 heterocycles. The third-order valence-corrected chi connectivity index (χ3v) is 4.75. The lowest BCUT2D eigenvalue weighted by Gasteiger charge is -2.28. The molecule has 0 saturated heterocycles. The molecule has 0 bridgehead atoms. The van der Waals surface area contributed by atoms with Gasteiger partial charge >= 0.3 is 5.76 Å². The van der Waals surface area contributed by atoms with Crippen LogP contribution in [0.4, 0.5) is 13.2 Å². The van der Waals surface area contributed by atoms with Gasteiger partial charge in [0.25, 0.3) is 0 Å². The van der Waals surface area contributed by atoms with Crippen molar-refractivity contribution in [1.82, 2.24) is 9.72 Å². The molecule has 7 heteroatoms. The zero-order chi connectivity index (χ0) is 17.3. The summed E-state index contributed by atoms with van der Waals surface area (Å²) in [4.78, 5) is 12.0. The Morgan fingerprint density at radius 1 is 1.29 bits per heavy atom. The Morgan fingerprint density at radius 2 is 1.92 bits per heavy atom. The fraction of sp³-hybridized carbons (Fsp3) is 0.529. The van der Waals surface area contributed by atoms with Crippen molar-refractivity contribution in [2.45, 2.75) is 51.0 Å². The molecular weight excluding hydrogens is 321 g/mol. The Bertz CT molecular complexity index is 742. The van der Waals surface area contributed by atoms with Crippen molar-refractivity contribution in [3.63, 3.8) is 0 Å². The normalized spacial score (nSPS) is 19.3. The van der Waals surface area contributed by atoms with Gasteiger partial charge in [-0.15, -0.1) is 0 Å². The smallest absolute Gasteiger partial charge is 0.296 e. The molecule has 1 aliphatic carbocycles. The third kappa shape index (κ3) is 3.55. The van der Waals surface area contributed by atoms with E-state index in [4.69, 9.17) is 4.52 Å². The van der Waals surface area contributed by atoms with Crippen LogP contribution in [0.5, 0.6) is 0 Å². The summed E-state index contributed by atoms with van der Waals surface area (Å²) >= 11 is 0. The number of aromatic nitrogens is 2. The number of halogens is 3. The summed E-state index contributed by atoms with van der Waals surface area (Å²) in [6.07, 6.45) is 0.964. The Morgan fingerprint density at radius 3 is 2.54 bits per heavy atom. The minimum atomic E-state index is -2.58. The van der Waals surface area contributed by atoms with Crippen molar-refractivity contribution in [3.05, 3.63) is 52.0 Å². The van der Waals surface area contributed by atoms with E-state index in [1.807, 2.05) is 0 Å². The summed E-state index contributed by atoms with van der Waals surface area (Å²) in [6.45, 7) is 1.80. The highest BCUT2D eigenvalue weighted by atomic mass is 19.3. The van der Waals surface area contributed by atoms with E-state index in [1.165, 1.54) is 16.7 Å². The van der Waals surface area contributed by atoms with Gasteiger partial charge in [-0.25, -0.2) is 18.0 Å². The Kier molecular flexibility index (Phi) is 4.51. The lowest BCUT2D eigenvalue weighted by Crippen LogP contribution is -2.28. The van der Waals surface area contributed by atoms with Crippen LogP contribution >= 0.6 is 0 Å². The average molecular weight is 340 g/mol. The van der Waals surface area contributed by atoms with Crippen molar-refractivity contribution in [1.29, 1.82) is 0 Å². The lowest BCUT2D eigenvalue weighted by atomic mass is 9.84. The van der Waals surface area contributed by atoms with Crippen molar-refractivity contribution >= 4 is 0 Å². The van der Waals surface area contributed by atoms with E-state index in [0.29, 0.717) is 25.1 Å². The average Bonchev–Trinajstić information content (AvgIpc) is 2.90. The summed E-state index contributed by atoms with van der Waals surface area (Å²) in [5, 5.41) is 3.82. The number of hydrogen-bond acceptors (Lipinski definition) is 3. The monoisotopic (exact) mass is 340 g/mol. The van der Waals surface area contributed by atoms with Gasteiger partial charge in [0.2, 0.25) is 5.92 Å². The molecule has 3 rings (SSSR count). The second-order valence-electron chi connectivity index (χ2n) is 6.47. The van der Waals surface area contributed by atoms with Crippen molar-refractivity contribution < 1.29 is 17.7 Å². The van der Waals surface area contributed by atoms with Crippen LogP contribution in [0.1, 0.15) is 50.0 Å². The number of alkyl halides is 2. The summed E-state index contributed by atoms with van der Waals surface area (Å²) in [5.74, 6) is -3.02. The van der Waals surface area contributed by atoms with E-state index in [1.54, 1.807) is 19.1 Å². The molecule has 0 spiro atoms. The first-order valence-electron chi connectivity index (χ1n) is 8.06. The van der Waals surface area contributed by atoms with Crippen LogP contribution in [0.2, 0.25) is 0 Å². The van der Waals surface area contributed by atoms with Crippen LogP contribution in [0, 0.1) is 11.7 Å². The van der Waals surface area contributed by atoms with E-state index >= 15 is 0 Å². The minimum absolute atomic E-state index is 0.0563. The first-order valence-corrected chi connectivity index (χ1v) is 8.06. The molecule has 1 unspecified atom stereocenters. The predicted molar refractivity (Wildman–Crippen MR) is 81.6 cm³/mol. The molecule has 24 heavy (non-hydrogen) atoms. The first-order chi connectivity index (χ1) is 11.4. The highest BCUT2D eigenvalue weighted by Crippen LogP contribution is 2.37. The number of benzene rings is 1. The molecule has 130 valence electrons. The molecular formula is C17H19F3N2O2. The Labute approximate surface area is 137 Å². The summed E-state index contributed by atoms with van der Waals surface area (Å²) in [5.41, 5.74) is 0.748. The fourth-order valence-electron chi connectivity index (χ4n) is 3.25. The maximum absolute atomic E-state index is 13.3. The van der Waals surface area contributed by atoms with Crippen LogP contribution in [-0.4, -0.2) is 15.6 Å². The third-order valence-electron chi connectivity index (χ3n) is 4.75. The highest BCUT2D eigenvalue weighted by Gasteiger charge is 2.35. The van der Waals surface area contributed by atoms with Gasteiger partial charge in [0, 0.05) is 19.3 Å². The van der Waals surface area contributed by atoms with E-state index in [9.17, 15) is 18.0 Å². The molecule has 0 radical (unpaired) electrons. The quantitative estimate of drug-likeness (QED) is 0.847. The second kappa shape index (κ2) is 6.45. The van der Waals surface area contributed by atoms with E-state index < -0.39 is 11.7 Å². The summed E-state index contributed by atoms with van der Waals surface area (Å²) in [7, 11) is 0. The van der Waals surface area contributed by atoms with Crippen molar-refractivity contribution in [2.24, 2.45) is 5.92 Å². The van der Waals surface area contributed by atoms with Gasteiger partial charge in [0.15, 0.2) is 5.82 Å². The zero-order valence-electron chi connectivity index (χ0n) is 13.3. The van der Waals surface area contributed by atoms with Crippen LogP contribution in [0.15, 0.2) is 33.6 Å². The van der Waals surface area contributed by atoms with Gasteiger partial charge in [0.1, 0.15) is 5.82 Å². The molecule has 2 aromatic rings. The van der Waals surface area contributed by atoms with Gasteiger partial charge in [-0.05, 0) is 43.4 Å². The molecule has 4 nitrogen and oxygen atoms in total. The highest BCUT2D eigenvalue weighted by molar-refractivity contribution is 5.20. The number of hydrogen-bond donors (Lipinski definition) is 0. The summed E-state index contributed by atoms with van der Waals surface area (Å²) < 4.78 is 45.8. The zero-order valence-corrected chi connectivity index (χ0v) is 13.3. The predicted octanol–water partition coefficient (Wildman–Crippen LogP) is 3.95. The Balaban J connectivity index is 1.79. The SMILES string of the molecule is CC(c1ccc(F)cc1)n1c(CC2CCC(F)(F)CC2)noc1=O. The number of nitrogens with zero attached hydrogens (tertiary/aromatic N) is 2. The molecule has 1 fully saturated rings. The van der Waals surface area contributed by atoms with Gasteiger partial charge < -0.3 is 0 Å². The van der Waals surface area contributed by atoms with Gasteiger partial charge in [-0.3, -0.25) is 9.09 Å². The molecule has 1 aromatic carbocycles. The van der Waals surface area contributed by atoms with E-state index in [0.717, 1.165) is 5.56 Å². The fourth-order valence-corrected chi connectivity index (χ4v) is 3.25. The minimum Gasteiger partial charge on any atom is -0.296 e. The second-order valence-corrected chi connectivity index (χ2v) is 6.47. The first kappa shape index (κ1) is 16.8. The molecule has 1 aliphatic rings. The van der Waals surface area contributed by atoms with Gasteiger partial charge in [-0.1, -0.05) is 17.3 Å². The van der Waals surface area contributed by atoms with Crippen LogP contribution < -0.4 is 5.76 Å². The molecule has 0 aliphatic heterocycles. The van der Waals surface area contributed by atoms with Crippen LogP contribution in [0.3, 0.4) is 0 Å². The van der Waals surface area contributed by atoms with Gasteiger partial charge in [-0.2, -0.15) is 0 Å². The van der Waals surface area contributed by atoms with E-state index in [-0.39, 0.29) is 30.6 Å². The number of rotatable bonds is 4. The largest absolute Gasteiger partial charge is 0.442 e. The summed E-state index contributed by atoms with van der Waals surface area (Å²) in [6, 6.07) is 5.49. The molecule has 1 atom stereocenters. The van der Waals surface area contributed by atoms with E-state index in [2.05, 4.69) is 5.16 Å². The van der Waals surface area contributed by atoms with Crippen LogP contribution in [-0.2, 0) is 6.42 Å². The van der Waals surface area contributed by atoms with Crippen molar-refractivity contribution in [3.8, 4) is 0 Å². The van der Waals surface area contributed by atoms with Crippen molar-refractivity contribution in [2.75, 3.05) is 0 Å². The maximum Gasteiger partial charge on any atom is 0.442 e. The topological polar surface area (TPSA) is 48.0 Å². The Hall–Kier alpha value is -2.05. The van der Waals surface area contributed by atoms with Crippen LogP contribution in [0.25, 0.3) is 0 Å². The molecule has 0 N–H and O–H groups in total. The molecule has 0 amide bonds. The maximum atomic E-state index is 13.3. The standard InChI is InChI=1S/C17H19F3N2O2/c1-11(13-2-4-14(18)5-3-13)22-15(21-24-16(22)23)10-12-6-8-17(19,20)9-7-12/h2-5,11-12H,6-10H2,1H3.